The third-order valence-corrected chi connectivity index (χ3v) is 3.90. The van der Waals surface area contributed by atoms with Crippen molar-refractivity contribution in [2.45, 2.75) is 39.5 Å². The Morgan fingerprint density at radius 3 is 2.40 bits per heavy atom. The smallest absolute Gasteiger partial charge is 0.0355 e. The zero-order valence-electron chi connectivity index (χ0n) is 7.14. The van der Waals surface area contributed by atoms with Gasteiger partial charge in [-0.15, -0.1) is 0 Å². The fourth-order valence-electron chi connectivity index (χ4n) is 3.23. The molecule has 2 aliphatic carbocycles. The van der Waals surface area contributed by atoms with Crippen LogP contribution in [0.5, 0.6) is 0 Å². The molecule has 0 heteroatoms. The van der Waals surface area contributed by atoms with Crippen molar-refractivity contribution in [3.63, 3.8) is 0 Å². The van der Waals surface area contributed by atoms with Gasteiger partial charge in [0.1, 0.15) is 0 Å². The van der Waals surface area contributed by atoms with Crippen LogP contribution < -0.4 is 0 Å². The topological polar surface area (TPSA) is 0 Å². The van der Waals surface area contributed by atoms with Gasteiger partial charge in [0.2, 0.25) is 0 Å². The minimum absolute atomic E-state index is 1.04. The molecule has 0 amide bonds. The maximum Gasteiger partial charge on any atom is -0.0355 e. The van der Waals surface area contributed by atoms with Crippen molar-refractivity contribution in [1.82, 2.24) is 0 Å². The minimum Gasteiger partial charge on any atom is -0.0651 e. The molecule has 2 fully saturated rings. The summed E-state index contributed by atoms with van der Waals surface area (Å²) >= 11 is 0. The molecule has 0 nitrogen and oxygen atoms in total. The standard InChI is InChI=1S/C10H18/c1-3-9-7(2)6-8-4-5-10(8)9/h7-10H,3-6H2,1-2H3. The van der Waals surface area contributed by atoms with Crippen LogP contribution in [0, 0.1) is 23.7 Å². The molecule has 58 valence electrons. The monoisotopic (exact) mass is 138 g/mol. The highest BCUT2D eigenvalue weighted by molar-refractivity contribution is 4.94. The van der Waals surface area contributed by atoms with Crippen molar-refractivity contribution >= 4 is 0 Å². The summed E-state index contributed by atoms with van der Waals surface area (Å²) in [6.07, 6.45) is 6.07. The maximum absolute atomic E-state index is 2.45. The Morgan fingerprint density at radius 2 is 2.10 bits per heavy atom. The average Bonchev–Trinajstić information content (AvgIpc) is 2.09. The molecule has 0 aromatic rings. The lowest BCUT2D eigenvalue weighted by Crippen LogP contribution is -2.25. The summed E-state index contributed by atoms with van der Waals surface area (Å²) in [5.41, 5.74) is 0. The largest absolute Gasteiger partial charge is 0.0651 e. The predicted octanol–water partition coefficient (Wildman–Crippen LogP) is 3.08. The summed E-state index contributed by atoms with van der Waals surface area (Å²) in [6.45, 7) is 4.81. The highest BCUT2D eigenvalue weighted by atomic mass is 14.5. The lowest BCUT2D eigenvalue weighted by molar-refractivity contribution is 0.163. The minimum atomic E-state index is 1.04. The molecule has 10 heavy (non-hydrogen) atoms. The Hall–Kier alpha value is 0. The molecule has 4 atom stereocenters. The zero-order valence-corrected chi connectivity index (χ0v) is 7.14. The molecule has 4 unspecified atom stereocenters. The molecule has 0 aromatic heterocycles. The van der Waals surface area contributed by atoms with Gasteiger partial charge in [0.15, 0.2) is 0 Å². The second-order valence-corrected chi connectivity index (χ2v) is 4.29. The molecule has 0 saturated heterocycles. The van der Waals surface area contributed by atoms with Crippen LogP contribution in [-0.2, 0) is 0 Å². The molecule has 2 rings (SSSR count). The molecule has 0 spiro atoms. The molecule has 0 N–H and O–H groups in total. The summed E-state index contributed by atoms with van der Waals surface area (Å²) in [7, 11) is 0. The summed E-state index contributed by atoms with van der Waals surface area (Å²) in [4.78, 5) is 0. The highest BCUT2D eigenvalue weighted by Gasteiger charge is 2.44. The van der Waals surface area contributed by atoms with Gasteiger partial charge in [-0.25, -0.2) is 0 Å². The first kappa shape index (κ1) is 6.69. The van der Waals surface area contributed by atoms with Gasteiger partial charge in [-0.05, 0) is 42.9 Å². The van der Waals surface area contributed by atoms with Crippen molar-refractivity contribution in [3.05, 3.63) is 0 Å². The molecular formula is C10H18. The van der Waals surface area contributed by atoms with Gasteiger partial charge in [0, 0.05) is 0 Å². The van der Waals surface area contributed by atoms with Crippen LogP contribution in [0.25, 0.3) is 0 Å². The zero-order chi connectivity index (χ0) is 7.14. The van der Waals surface area contributed by atoms with E-state index in [1.165, 1.54) is 6.42 Å². The van der Waals surface area contributed by atoms with E-state index in [1.54, 1.807) is 19.3 Å². The van der Waals surface area contributed by atoms with Gasteiger partial charge in [-0.3, -0.25) is 0 Å². The van der Waals surface area contributed by atoms with Crippen molar-refractivity contribution in [1.29, 1.82) is 0 Å². The van der Waals surface area contributed by atoms with Crippen LogP contribution in [0.4, 0.5) is 0 Å². The molecular weight excluding hydrogens is 120 g/mol. The van der Waals surface area contributed by atoms with Crippen LogP contribution in [-0.4, -0.2) is 0 Å². The van der Waals surface area contributed by atoms with Crippen molar-refractivity contribution in [2.75, 3.05) is 0 Å². The van der Waals surface area contributed by atoms with E-state index in [9.17, 15) is 0 Å². The van der Waals surface area contributed by atoms with Crippen LogP contribution in [0.1, 0.15) is 39.5 Å². The predicted molar refractivity (Wildman–Crippen MR) is 43.8 cm³/mol. The van der Waals surface area contributed by atoms with Crippen molar-refractivity contribution in [3.8, 4) is 0 Å². The van der Waals surface area contributed by atoms with Gasteiger partial charge in [0.05, 0.1) is 0 Å². The summed E-state index contributed by atoms with van der Waals surface area (Å²) in [6, 6.07) is 0. The molecule has 0 aromatic carbocycles. The molecule has 0 heterocycles. The highest BCUT2D eigenvalue weighted by Crippen LogP contribution is 2.53. The molecule has 0 aliphatic heterocycles. The Morgan fingerprint density at radius 1 is 1.30 bits per heavy atom. The average molecular weight is 138 g/mol. The molecule has 0 bridgehead atoms. The first-order valence-electron chi connectivity index (χ1n) is 4.83. The number of hydrogen-bond acceptors (Lipinski definition) is 0. The summed E-state index contributed by atoms with van der Waals surface area (Å²) in [5, 5.41) is 0. The number of rotatable bonds is 1. The third-order valence-electron chi connectivity index (χ3n) is 3.90. The molecule has 0 radical (unpaired) electrons. The van der Waals surface area contributed by atoms with E-state index in [0.29, 0.717) is 0 Å². The van der Waals surface area contributed by atoms with E-state index in [-0.39, 0.29) is 0 Å². The van der Waals surface area contributed by atoms with Gasteiger partial charge in [0.25, 0.3) is 0 Å². The normalized spacial score (nSPS) is 52.2. The van der Waals surface area contributed by atoms with E-state index >= 15 is 0 Å². The van der Waals surface area contributed by atoms with Crippen LogP contribution in [0.2, 0.25) is 0 Å². The number of fused-ring (bicyclic) bond motifs is 1. The van der Waals surface area contributed by atoms with E-state index in [4.69, 9.17) is 0 Å². The molecule has 2 aliphatic rings. The van der Waals surface area contributed by atoms with E-state index in [2.05, 4.69) is 13.8 Å². The third kappa shape index (κ3) is 0.741. The maximum atomic E-state index is 2.45. The van der Waals surface area contributed by atoms with Crippen LogP contribution in [0.3, 0.4) is 0 Å². The first-order valence-corrected chi connectivity index (χ1v) is 4.83. The quantitative estimate of drug-likeness (QED) is 0.522. The van der Waals surface area contributed by atoms with E-state index in [0.717, 1.165) is 23.7 Å². The lowest BCUT2D eigenvalue weighted by Gasteiger charge is -2.34. The van der Waals surface area contributed by atoms with Gasteiger partial charge < -0.3 is 0 Å². The van der Waals surface area contributed by atoms with Crippen molar-refractivity contribution < 1.29 is 0 Å². The fraction of sp³-hybridized carbons (Fsp3) is 1.00. The Balaban J connectivity index is 2.04. The van der Waals surface area contributed by atoms with E-state index < -0.39 is 0 Å². The van der Waals surface area contributed by atoms with Gasteiger partial charge >= 0.3 is 0 Å². The van der Waals surface area contributed by atoms with Crippen molar-refractivity contribution in [2.24, 2.45) is 23.7 Å². The second-order valence-electron chi connectivity index (χ2n) is 4.29. The lowest BCUT2D eigenvalue weighted by atomic mass is 9.72. The Labute approximate surface area is 64.0 Å². The Bertz CT molecular complexity index is 128. The van der Waals surface area contributed by atoms with E-state index in [1.807, 2.05) is 0 Å². The van der Waals surface area contributed by atoms with Crippen LogP contribution >= 0.6 is 0 Å². The second kappa shape index (κ2) is 2.25. The summed E-state index contributed by atoms with van der Waals surface area (Å²) < 4.78 is 0. The first-order chi connectivity index (χ1) is 4.83. The van der Waals surface area contributed by atoms with Gasteiger partial charge in [-0.1, -0.05) is 20.3 Å². The summed E-state index contributed by atoms with van der Waals surface area (Å²) in [5.74, 6) is 4.45. The fourth-order valence-corrected chi connectivity index (χ4v) is 3.23. The molecule has 2 saturated carbocycles. The van der Waals surface area contributed by atoms with Gasteiger partial charge in [-0.2, -0.15) is 0 Å². The SMILES string of the molecule is CCC1C(C)CC2CCC21. The number of hydrogen-bond donors (Lipinski definition) is 0. The Kier molecular flexibility index (Phi) is 1.51. The van der Waals surface area contributed by atoms with Crippen LogP contribution in [0.15, 0.2) is 0 Å².